The summed E-state index contributed by atoms with van der Waals surface area (Å²) in [5, 5.41) is 0. The van der Waals surface area contributed by atoms with Crippen LogP contribution in [-0.2, 0) is 0 Å². The van der Waals surface area contributed by atoms with Crippen molar-refractivity contribution in [1.82, 2.24) is 4.90 Å². The van der Waals surface area contributed by atoms with E-state index in [4.69, 9.17) is 5.73 Å². The van der Waals surface area contributed by atoms with Crippen LogP contribution < -0.4 is 5.73 Å². The van der Waals surface area contributed by atoms with Gasteiger partial charge in [-0.3, -0.25) is 4.90 Å². The standard InChI is InChI=1S/C18H38N2/c1-5-7-8-14-20(16(3)4)18(15-19)12-10-17(9-6-2)11-13-18/h16-17H,5-15,19H2,1-4H3. The molecule has 1 fully saturated rings. The van der Waals surface area contributed by atoms with Gasteiger partial charge in [0.2, 0.25) is 0 Å². The van der Waals surface area contributed by atoms with E-state index >= 15 is 0 Å². The van der Waals surface area contributed by atoms with Gasteiger partial charge in [-0.2, -0.15) is 0 Å². The summed E-state index contributed by atoms with van der Waals surface area (Å²) in [4.78, 5) is 2.74. The molecule has 2 heteroatoms. The van der Waals surface area contributed by atoms with Crippen LogP contribution in [0.2, 0.25) is 0 Å². The molecule has 0 aromatic heterocycles. The molecule has 0 heterocycles. The molecule has 1 aliphatic rings. The average molecular weight is 283 g/mol. The van der Waals surface area contributed by atoms with Gasteiger partial charge in [-0.15, -0.1) is 0 Å². The molecule has 1 rings (SSSR count). The van der Waals surface area contributed by atoms with Gasteiger partial charge in [-0.25, -0.2) is 0 Å². The Hall–Kier alpha value is -0.0800. The van der Waals surface area contributed by atoms with Gasteiger partial charge in [-0.05, 0) is 58.4 Å². The smallest absolute Gasteiger partial charge is 0.0334 e. The van der Waals surface area contributed by atoms with Crippen LogP contribution in [0, 0.1) is 5.92 Å². The molecule has 0 radical (unpaired) electrons. The minimum Gasteiger partial charge on any atom is -0.329 e. The van der Waals surface area contributed by atoms with E-state index in [-0.39, 0.29) is 0 Å². The first kappa shape index (κ1) is 18.0. The first-order chi connectivity index (χ1) is 9.59. The Labute approximate surface area is 127 Å². The minimum absolute atomic E-state index is 0.298. The molecule has 0 atom stereocenters. The third kappa shape index (κ3) is 4.73. The van der Waals surface area contributed by atoms with Crippen molar-refractivity contribution in [2.45, 2.75) is 97.1 Å². The minimum atomic E-state index is 0.298. The zero-order valence-corrected chi connectivity index (χ0v) is 14.5. The maximum Gasteiger partial charge on any atom is 0.0334 e. The van der Waals surface area contributed by atoms with Crippen molar-refractivity contribution in [3.8, 4) is 0 Å². The molecule has 1 saturated carbocycles. The van der Waals surface area contributed by atoms with Gasteiger partial charge >= 0.3 is 0 Å². The van der Waals surface area contributed by atoms with Crippen molar-refractivity contribution in [2.75, 3.05) is 13.1 Å². The number of hydrogen-bond acceptors (Lipinski definition) is 2. The van der Waals surface area contributed by atoms with Gasteiger partial charge in [0, 0.05) is 18.1 Å². The van der Waals surface area contributed by atoms with E-state index in [9.17, 15) is 0 Å². The van der Waals surface area contributed by atoms with Gasteiger partial charge in [0.15, 0.2) is 0 Å². The number of hydrogen-bond donors (Lipinski definition) is 1. The highest BCUT2D eigenvalue weighted by atomic mass is 15.2. The zero-order valence-electron chi connectivity index (χ0n) is 14.5. The fourth-order valence-electron chi connectivity index (χ4n) is 4.10. The van der Waals surface area contributed by atoms with Crippen LogP contribution >= 0.6 is 0 Å². The summed E-state index contributed by atoms with van der Waals surface area (Å²) in [5.41, 5.74) is 6.56. The molecule has 0 aliphatic heterocycles. The molecule has 0 amide bonds. The summed E-state index contributed by atoms with van der Waals surface area (Å²) < 4.78 is 0. The van der Waals surface area contributed by atoms with Gasteiger partial charge in [0.25, 0.3) is 0 Å². The Balaban J connectivity index is 2.64. The van der Waals surface area contributed by atoms with Gasteiger partial charge < -0.3 is 5.73 Å². The first-order valence-corrected chi connectivity index (χ1v) is 9.06. The van der Waals surface area contributed by atoms with Gasteiger partial charge in [0.05, 0.1) is 0 Å². The Morgan fingerprint density at radius 1 is 1.10 bits per heavy atom. The third-order valence-electron chi connectivity index (χ3n) is 5.35. The molecule has 0 unspecified atom stereocenters. The monoisotopic (exact) mass is 282 g/mol. The highest BCUT2D eigenvalue weighted by Crippen LogP contribution is 2.38. The molecule has 0 spiro atoms. The van der Waals surface area contributed by atoms with Crippen LogP contribution in [0.1, 0.15) is 85.5 Å². The van der Waals surface area contributed by atoms with Crippen molar-refractivity contribution < 1.29 is 0 Å². The number of rotatable bonds is 9. The highest BCUT2D eigenvalue weighted by molar-refractivity contribution is 4.97. The van der Waals surface area contributed by atoms with Crippen LogP contribution in [0.4, 0.5) is 0 Å². The SMILES string of the molecule is CCCCCN(C(C)C)C1(CN)CCC(CCC)CC1. The molecule has 0 aromatic rings. The van der Waals surface area contributed by atoms with Crippen molar-refractivity contribution in [3.05, 3.63) is 0 Å². The Morgan fingerprint density at radius 2 is 1.75 bits per heavy atom. The van der Waals surface area contributed by atoms with Crippen LogP contribution in [0.25, 0.3) is 0 Å². The first-order valence-electron chi connectivity index (χ1n) is 9.06. The second-order valence-corrected chi connectivity index (χ2v) is 7.15. The molecule has 2 nitrogen and oxygen atoms in total. The number of unbranched alkanes of at least 4 members (excludes halogenated alkanes) is 2. The van der Waals surface area contributed by atoms with E-state index < -0.39 is 0 Å². The number of nitrogens with zero attached hydrogens (tertiary/aromatic N) is 1. The lowest BCUT2D eigenvalue weighted by Gasteiger charge is -2.50. The van der Waals surface area contributed by atoms with E-state index in [1.54, 1.807) is 0 Å². The molecule has 0 saturated heterocycles. The molecule has 2 N–H and O–H groups in total. The van der Waals surface area contributed by atoms with E-state index in [2.05, 4.69) is 32.6 Å². The predicted molar refractivity (Wildman–Crippen MR) is 90.0 cm³/mol. The summed E-state index contributed by atoms with van der Waals surface area (Å²) in [5.74, 6) is 0.962. The van der Waals surface area contributed by atoms with E-state index in [0.29, 0.717) is 11.6 Å². The Morgan fingerprint density at radius 3 is 2.20 bits per heavy atom. The predicted octanol–water partition coefficient (Wildman–Crippen LogP) is 4.57. The highest BCUT2D eigenvalue weighted by Gasteiger charge is 2.39. The van der Waals surface area contributed by atoms with E-state index in [0.717, 1.165) is 12.5 Å². The Bertz CT molecular complexity index is 242. The summed E-state index contributed by atoms with van der Waals surface area (Å²) >= 11 is 0. The fraction of sp³-hybridized carbons (Fsp3) is 1.00. The van der Waals surface area contributed by atoms with E-state index in [1.807, 2.05) is 0 Å². The Kier molecular flexibility index (Phi) is 8.13. The second-order valence-electron chi connectivity index (χ2n) is 7.15. The van der Waals surface area contributed by atoms with Crippen LogP contribution in [0.15, 0.2) is 0 Å². The largest absolute Gasteiger partial charge is 0.329 e. The molecule has 1 aliphatic carbocycles. The zero-order chi connectivity index (χ0) is 15.0. The maximum atomic E-state index is 6.26. The van der Waals surface area contributed by atoms with Crippen molar-refractivity contribution in [1.29, 1.82) is 0 Å². The van der Waals surface area contributed by atoms with E-state index in [1.165, 1.54) is 64.3 Å². The molecular weight excluding hydrogens is 244 g/mol. The summed E-state index contributed by atoms with van der Waals surface area (Å²) in [6, 6.07) is 0.623. The summed E-state index contributed by atoms with van der Waals surface area (Å²) in [6.07, 6.45) is 12.2. The molecule has 0 bridgehead atoms. The van der Waals surface area contributed by atoms with Crippen LogP contribution in [0.5, 0.6) is 0 Å². The molecular formula is C18H38N2. The molecule has 0 aromatic carbocycles. The lowest BCUT2D eigenvalue weighted by atomic mass is 9.73. The quantitative estimate of drug-likeness (QED) is 0.627. The summed E-state index contributed by atoms with van der Waals surface area (Å²) in [6.45, 7) is 11.4. The lowest BCUT2D eigenvalue weighted by molar-refractivity contribution is 0.0154. The van der Waals surface area contributed by atoms with Crippen molar-refractivity contribution in [3.63, 3.8) is 0 Å². The van der Waals surface area contributed by atoms with Gasteiger partial charge in [-0.1, -0.05) is 39.5 Å². The lowest BCUT2D eigenvalue weighted by Crippen LogP contribution is -2.58. The van der Waals surface area contributed by atoms with Gasteiger partial charge in [0.1, 0.15) is 0 Å². The average Bonchev–Trinajstić information content (AvgIpc) is 2.45. The topological polar surface area (TPSA) is 29.3 Å². The number of nitrogens with two attached hydrogens (primary N) is 1. The molecule has 20 heavy (non-hydrogen) atoms. The summed E-state index contributed by atoms with van der Waals surface area (Å²) in [7, 11) is 0. The van der Waals surface area contributed by atoms with Crippen LogP contribution in [-0.4, -0.2) is 29.6 Å². The van der Waals surface area contributed by atoms with Crippen molar-refractivity contribution >= 4 is 0 Å². The maximum absolute atomic E-state index is 6.26. The van der Waals surface area contributed by atoms with Crippen molar-refractivity contribution in [2.24, 2.45) is 11.7 Å². The fourth-order valence-corrected chi connectivity index (χ4v) is 4.10. The van der Waals surface area contributed by atoms with Crippen LogP contribution in [0.3, 0.4) is 0 Å². The second kappa shape index (κ2) is 9.04. The molecule has 120 valence electrons. The third-order valence-corrected chi connectivity index (χ3v) is 5.35. The normalized spacial score (nSPS) is 27.4.